The van der Waals surface area contributed by atoms with Crippen molar-refractivity contribution in [2.45, 2.75) is 20.3 Å². The Morgan fingerprint density at radius 3 is 2.77 bits per heavy atom. The van der Waals surface area contributed by atoms with E-state index in [0.29, 0.717) is 0 Å². The number of hydrogen-bond acceptors (Lipinski definition) is 3. The fourth-order valence-corrected chi connectivity index (χ4v) is 4.16. The van der Waals surface area contributed by atoms with Gasteiger partial charge in [-0.25, -0.2) is 9.97 Å². The summed E-state index contributed by atoms with van der Waals surface area (Å²) in [5.74, 6) is 0. The fourth-order valence-electron chi connectivity index (χ4n) is 3.04. The smallest absolute Gasteiger partial charge is 0.116 e. The van der Waals surface area contributed by atoms with Gasteiger partial charge in [-0.2, -0.15) is 0 Å². The number of aromatic nitrogens is 2. The third-order valence-electron chi connectivity index (χ3n) is 4.17. The number of fused-ring (bicyclic) bond motifs is 3. The first-order valence-electron chi connectivity index (χ1n) is 7.49. The largest absolute Gasteiger partial charge is 0.243 e. The maximum absolute atomic E-state index is 4.48. The lowest BCUT2D eigenvalue weighted by Crippen LogP contribution is -1.90. The van der Waals surface area contributed by atoms with Gasteiger partial charge < -0.3 is 0 Å². The Hall–Kier alpha value is -2.26. The minimum atomic E-state index is 1.04. The molecule has 0 amide bonds. The molecule has 3 heteroatoms. The molecule has 0 N–H and O–H groups in total. The third-order valence-corrected chi connectivity index (χ3v) is 5.25. The maximum atomic E-state index is 4.48. The molecule has 0 spiro atoms. The summed E-state index contributed by atoms with van der Waals surface area (Å²) in [5, 5.41) is 1.23. The van der Waals surface area contributed by atoms with Gasteiger partial charge in [0.2, 0.25) is 0 Å². The van der Waals surface area contributed by atoms with Crippen molar-refractivity contribution in [2.24, 2.45) is 0 Å². The zero-order valence-electron chi connectivity index (χ0n) is 12.6. The summed E-state index contributed by atoms with van der Waals surface area (Å²) < 4.78 is 2.43. The van der Waals surface area contributed by atoms with Gasteiger partial charge in [0.15, 0.2) is 0 Å². The number of rotatable bonds is 2. The molecule has 0 saturated heterocycles. The molecule has 0 aliphatic carbocycles. The molecule has 0 atom stereocenters. The summed E-state index contributed by atoms with van der Waals surface area (Å²) in [6.45, 7) is 4.40. The van der Waals surface area contributed by atoms with Gasteiger partial charge in [0, 0.05) is 16.3 Å². The lowest BCUT2D eigenvalue weighted by atomic mass is 9.94. The molecule has 0 bridgehead atoms. The van der Waals surface area contributed by atoms with E-state index < -0.39 is 0 Å². The van der Waals surface area contributed by atoms with E-state index in [-0.39, 0.29) is 0 Å². The molecule has 2 nitrogen and oxygen atoms in total. The predicted molar refractivity (Wildman–Crippen MR) is 94.5 cm³/mol. The highest BCUT2D eigenvalue weighted by atomic mass is 32.1. The molecule has 2 heterocycles. The maximum Gasteiger partial charge on any atom is 0.116 e. The van der Waals surface area contributed by atoms with Crippen molar-refractivity contribution in [1.82, 2.24) is 9.97 Å². The minimum absolute atomic E-state index is 1.04. The van der Waals surface area contributed by atoms with E-state index in [1.54, 1.807) is 17.7 Å². The second-order valence-electron chi connectivity index (χ2n) is 5.51. The molecular formula is C19H16N2S. The van der Waals surface area contributed by atoms with Crippen LogP contribution in [-0.4, -0.2) is 9.97 Å². The summed E-state index contributed by atoms with van der Waals surface area (Å²) in [7, 11) is 0. The van der Waals surface area contributed by atoms with Crippen molar-refractivity contribution in [2.75, 3.05) is 0 Å². The van der Waals surface area contributed by atoms with Crippen LogP contribution in [0.15, 0.2) is 48.9 Å². The van der Waals surface area contributed by atoms with Gasteiger partial charge in [-0.15, -0.1) is 11.3 Å². The average molecular weight is 304 g/mol. The van der Waals surface area contributed by atoms with Crippen LogP contribution in [0, 0.1) is 6.92 Å². The van der Waals surface area contributed by atoms with Crippen LogP contribution in [0.5, 0.6) is 0 Å². The predicted octanol–water partition coefficient (Wildman–Crippen LogP) is 5.38. The highest BCUT2D eigenvalue weighted by Crippen LogP contribution is 2.37. The van der Waals surface area contributed by atoms with Gasteiger partial charge in [0.1, 0.15) is 6.33 Å². The Kier molecular flexibility index (Phi) is 3.16. The first-order valence-corrected chi connectivity index (χ1v) is 8.30. The van der Waals surface area contributed by atoms with Crippen LogP contribution < -0.4 is 0 Å². The van der Waals surface area contributed by atoms with E-state index in [9.17, 15) is 0 Å². The number of thiophene rings is 1. The standard InChI is InChI=1S/C19H16N2S/c1-3-13-6-4-5-7-14(13)15-9-16-17(8-12(15)2)22-18-10-20-11-21-19(16)18/h4-11H,3H2,1-2H3. The first-order chi connectivity index (χ1) is 10.8. The second-order valence-corrected chi connectivity index (χ2v) is 6.60. The van der Waals surface area contributed by atoms with Crippen molar-refractivity contribution in [3.63, 3.8) is 0 Å². The van der Waals surface area contributed by atoms with Gasteiger partial charge in [-0.05, 0) is 47.7 Å². The van der Waals surface area contributed by atoms with Crippen LogP contribution in [0.3, 0.4) is 0 Å². The first kappa shape index (κ1) is 13.4. The Bertz CT molecular complexity index is 985. The topological polar surface area (TPSA) is 25.8 Å². The fraction of sp³-hybridized carbons (Fsp3) is 0.158. The van der Waals surface area contributed by atoms with Crippen molar-refractivity contribution in [3.05, 3.63) is 60.0 Å². The SMILES string of the molecule is CCc1ccccc1-c1cc2c(cc1C)sc1cncnc12. The highest BCUT2D eigenvalue weighted by molar-refractivity contribution is 7.25. The molecule has 0 fully saturated rings. The Labute approximate surface area is 133 Å². The van der Waals surface area contributed by atoms with Crippen LogP contribution in [0.2, 0.25) is 0 Å². The van der Waals surface area contributed by atoms with E-state index in [0.717, 1.165) is 16.6 Å². The lowest BCUT2D eigenvalue weighted by molar-refractivity contribution is 1.14. The Balaban J connectivity index is 2.06. The monoisotopic (exact) mass is 304 g/mol. The number of aryl methyl sites for hydroxylation is 2. The summed E-state index contributed by atoms with van der Waals surface area (Å²) in [4.78, 5) is 8.61. The van der Waals surface area contributed by atoms with Crippen molar-refractivity contribution in [3.8, 4) is 11.1 Å². The van der Waals surface area contributed by atoms with Crippen LogP contribution >= 0.6 is 11.3 Å². The molecule has 4 rings (SSSR count). The van der Waals surface area contributed by atoms with Gasteiger partial charge in [-0.3, -0.25) is 0 Å². The van der Waals surface area contributed by atoms with E-state index in [2.05, 4.69) is 60.2 Å². The van der Waals surface area contributed by atoms with E-state index in [1.165, 1.54) is 32.3 Å². The van der Waals surface area contributed by atoms with Gasteiger partial charge in [0.25, 0.3) is 0 Å². The average Bonchev–Trinajstić information content (AvgIpc) is 2.91. The minimum Gasteiger partial charge on any atom is -0.243 e. The van der Waals surface area contributed by atoms with Gasteiger partial charge in [-0.1, -0.05) is 31.2 Å². The third kappa shape index (κ3) is 2.01. The Morgan fingerprint density at radius 2 is 1.91 bits per heavy atom. The quantitative estimate of drug-likeness (QED) is 0.496. The van der Waals surface area contributed by atoms with Gasteiger partial charge in [0.05, 0.1) is 10.2 Å². The molecule has 0 aliphatic rings. The number of hydrogen-bond donors (Lipinski definition) is 0. The normalized spacial score (nSPS) is 11.4. The number of nitrogens with zero attached hydrogens (tertiary/aromatic N) is 2. The van der Waals surface area contributed by atoms with Crippen LogP contribution in [0.25, 0.3) is 31.4 Å². The van der Waals surface area contributed by atoms with Crippen LogP contribution in [0.1, 0.15) is 18.1 Å². The molecule has 108 valence electrons. The summed E-state index contributed by atoms with van der Waals surface area (Å²) in [5.41, 5.74) is 6.40. The molecule has 22 heavy (non-hydrogen) atoms. The Morgan fingerprint density at radius 1 is 1.05 bits per heavy atom. The zero-order valence-corrected chi connectivity index (χ0v) is 13.4. The molecular weight excluding hydrogens is 288 g/mol. The summed E-state index contributed by atoms with van der Waals surface area (Å²) in [6.07, 6.45) is 4.58. The molecule has 0 saturated carbocycles. The van der Waals surface area contributed by atoms with Crippen molar-refractivity contribution in [1.29, 1.82) is 0 Å². The number of benzene rings is 2. The molecule has 4 aromatic rings. The summed E-state index contributed by atoms with van der Waals surface area (Å²) in [6, 6.07) is 13.2. The molecule has 2 aromatic carbocycles. The molecule has 0 aliphatic heterocycles. The highest BCUT2D eigenvalue weighted by Gasteiger charge is 2.12. The molecule has 0 radical (unpaired) electrons. The van der Waals surface area contributed by atoms with Crippen LogP contribution in [0.4, 0.5) is 0 Å². The van der Waals surface area contributed by atoms with E-state index >= 15 is 0 Å². The molecule has 0 unspecified atom stereocenters. The van der Waals surface area contributed by atoms with Gasteiger partial charge >= 0.3 is 0 Å². The zero-order chi connectivity index (χ0) is 15.1. The molecule has 2 aromatic heterocycles. The van der Waals surface area contributed by atoms with Crippen LogP contribution in [-0.2, 0) is 6.42 Å². The second kappa shape index (κ2) is 5.18. The van der Waals surface area contributed by atoms with Crippen molar-refractivity contribution < 1.29 is 0 Å². The lowest BCUT2D eigenvalue weighted by Gasteiger charge is -2.11. The summed E-state index contributed by atoms with van der Waals surface area (Å²) >= 11 is 1.76. The van der Waals surface area contributed by atoms with E-state index in [1.807, 2.05) is 6.20 Å². The van der Waals surface area contributed by atoms with E-state index in [4.69, 9.17) is 0 Å². The van der Waals surface area contributed by atoms with Crippen molar-refractivity contribution >= 4 is 31.6 Å².